The minimum Gasteiger partial charge on any atom is -0.339 e. The third-order valence-electron chi connectivity index (χ3n) is 4.59. The quantitative estimate of drug-likeness (QED) is 0.871. The van der Waals surface area contributed by atoms with E-state index in [1.807, 2.05) is 16.9 Å². The monoisotopic (exact) mass is 294 g/mol. The van der Waals surface area contributed by atoms with Crippen molar-refractivity contribution in [3.8, 4) is 0 Å². The van der Waals surface area contributed by atoms with Gasteiger partial charge in [0, 0.05) is 37.1 Å². The van der Waals surface area contributed by atoms with Crippen molar-refractivity contribution in [3.05, 3.63) is 30.2 Å². The Morgan fingerprint density at radius 2 is 2.14 bits per heavy atom. The van der Waals surface area contributed by atoms with Crippen molar-refractivity contribution in [3.63, 3.8) is 0 Å². The summed E-state index contributed by atoms with van der Waals surface area (Å²) in [6.07, 6.45) is 5.72. The van der Waals surface area contributed by atoms with Gasteiger partial charge in [0.1, 0.15) is 0 Å². The van der Waals surface area contributed by atoms with E-state index >= 15 is 0 Å². The van der Waals surface area contributed by atoms with E-state index in [0.717, 1.165) is 12.8 Å². The van der Waals surface area contributed by atoms with Crippen LogP contribution in [-0.2, 0) is 0 Å². The van der Waals surface area contributed by atoms with E-state index in [2.05, 4.69) is 15.2 Å². The maximum atomic E-state index is 13.2. The molecular formula is C14H16F2N4O. The lowest BCUT2D eigenvalue weighted by atomic mass is 9.80. The SMILES string of the molecule is FC1(F)CCC(c2noc(C3CC(n4cccn4)C3)n2)C1. The second-order valence-electron chi connectivity index (χ2n) is 6.09. The van der Waals surface area contributed by atoms with Crippen LogP contribution < -0.4 is 0 Å². The summed E-state index contributed by atoms with van der Waals surface area (Å²) in [7, 11) is 0. The van der Waals surface area contributed by atoms with Crippen LogP contribution in [-0.4, -0.2) is 25.8 Å². The fourth-order valence-corrected chi connectivity index (χ4v) is 3.25. The predicted octanol–water partition coefficient (Wildman–Crippen LogP) is 3.29. The molecule has 0 N–H and O–H groups in total. The summed E-state index contributed by atoms with van der Waals surface area (Å²) in [5.41, 5.74) is 0. The smallest absolute Gasteiger partial charge is 0.248 e. The van der Waals surface area contributed by atoms with Crippen LogP contribution in [0.3, 0.4) is 0 Å². The van der Waals surface area contributed by atoms with Crippen molar-refractivity contribution in [2.45, 2.75) is 55.9 Å². The highest BCUT2D eigenvalue weighted by atomic mass is 19.3. The lowest BCUT2D eigenvalue weighted by Crippen LogP contribution is -2.25. The summed E-state index contributed by atoms with van der Waals surface area (Å²) in [4.78, 5) is 4.35. The normalized spacial score (nSPS) is 31.2. The first-order valence-corrected chi connectivity index (χ1v) is 7.31. The molecule has 2 fully saturated rings. The van der Waals surface area contributed by atoms with Gasteiger partial charge in [-0.15, -0.1) is 0 Å². The molecule has 0 bridgehead atoms. The molecule has 2 heterocycles. The Kier molecular flexibility index (Phi) is 2.83. The Bertz CT molecular complexity index is 619. The standard InChI is InChI=1S/C14H16F2N4O/c15-14(16)3-2-9(8-14)12-18-13(21-19-12)10-6-11(7-10)20-5-1-4-17-20/h1,4-5,9-11H,2-3,6-8H2. The van der Waals surface area contributed by atoms with Gasteiger partial charge in [-0.25, -0.2) is 8.78 Å². The zero-order valence-corrected chi connectivity index (χ0v) is 11.5. The summed E-state index contributed by atoms with van der Waals surface area (Å²) in [6.45, 7) is 0. The summed E-state index contributed by atoms with van der Waals surface area (Å²) in [6, 6.07) is 2.27. The molecule has 7 heteroatoms. The lowest BCUT2D eigenvalue weighted by molar-refractivity contribution is 0.00749. The Morgan fingerprint density at radius 1 is 1.29 bits per heavy atom. The molecule has 4 rings (SSSR count). The molecule has 112 valence electrons. The molecule has 0 amide bonds. The first-order valence-electron chi connectivity index (χ1n) is 7.31. The highest BCUT2D eigenvalue weighted by molar-refractivity contribution is 5.07. The first-order chi connectivity index (χ1) is 10.1. The summed E-state index contributed by atoms with van der Waals surface area (Å²) in [5.74, 6) is -1.58. The zero-order chi connectivity index (χ0) is 14.4. The molecule has 0 aliphatic heterocycles. The van der Waals surface area contributed by atoms with Crippen molar-refractivity contribution >= 4 is 0 Å². The highest BCUT2D eigenvalue weighted by Gasteiger charge is 2.43. The van der Waals surface area contributed by atoms with Crippen molar-refractivity contribution in [1.29, 1.82) is 0 Å². The molecule has 2 aromatic rings. The zero-order valence-electron chi connectivity index (χ0n) is 11.5. The fraction of sp³-hybridized carbons (Fsp3) is 0.643. The average molecular weight is 294 g/mol. The Balaban J connectivity index is 1.40. The van der Waals surface area contributed by atoms with Crippen LogP contribution in [0.15, 0.2) is 23.0 Å². The summed E-state index contributed by atoms with van der Waals surface area (Å²) in [5, 5.41) is 8.13. The molecule has 2 aliphatic carbocycles. The number of aromatic nitrogens is 4. The van der Waals surface area contributed by atoms with Crippen molar-refractivity contribution in [1.82, 2.24) is 19.9 Å². The number of nitrogens with zero attached hydrogens (tertiary/aromatic N) is 4. The largest absolute Gasteiger partial charge is 0.339 e. The van der Waals surface area contributed by atoms with Crippen molar-refractivity contribution < 1.29 is 13.3 Å². The van der Waals surface area contributed by atoms with Gasteiger partial charge in [0.05, 0.1) is 6.04 Å². The number of alkyl halides is 2. The Hall–Kier alpha value is -1.79. The van der Waals surface area contributed by atoms with E-state index < -0.39 is 5.92 Å². The van der Waals surface area contributed by atoms with Crippen LogP contribution >= 0.6 is 0 Å². The van der Waals surface area contributed by atoms with E-state index in [1.165, 1.54) is 0 Å². The average Bonchev–Trinajstić information content (AvgIpc) is 3.07. The van der Waals surface area contributed by atoms with Gasteiger partial charge in [0.25, 0.3) is 0 Å². The molecule has 1 unspecified atom stereocenters. The van der Waals surface area contributed by atoms with E-state index in [9.17, 15) is 8.78 Å². The van der Waals surface area contributed by atoms with Crippen LogP contribution in [0.4, 0.5) is 8.78 Å². The fourth-order valence-electron chi connectivity index (χ4n) is 3.25. The third-order valence-corrected chi connectivity index (χ3v) is 4.59. The molecule has 5 nitrogen and oxygen atoms in total. The molecule has 0 saturated heterocycles. The van der Waals surface area contributed by atoms with Gasteiger partial charge in [-0.1, -0.05) is 5.16 Å². The van der Waals surface area contributed by atoms with E-state index in [4.69, 9.17) is 4.52 Å². The lowest BCUT2D eigenvalue weighted by Gasteiger charge is -2.32. The van der Waals surface area contributed by atoms with Crippen LogP contribution in [0.25, 0.3) is 0 Å². The molecule has 0 spiro atoms. The second kappa shape index (κ2) is 4.61. The van der Waals surface area contributed by atoms with E-state index in [-0.39, 0.29) is 24.7 Å². The number of hydrogen-bond acceptors (Lipinski definition) is 4. The Labute approximate surface area is 120 Å². The second-order valence-corrected chi connectivity index (χ2v) is 6.09. The van der Waals surface area contributed by atoms with Crippen LogP contribution in [0, 0.1) is 0 Å². The maximum absolute atomic E-state index is 13.2. The molecule has 2 saturated carbocycles. The third kappa shape index (κ3) is 2.34. The first kappa shape index (κ1) is 12.9. The molecule has 2 aromatic heterocycles. The number of hydrogen-bond donors (Lipinski definition) is 0. The number of rotatable bonds is 3. The van der Waals surface area contributed by atoms with Gasteiger partial charge in [-0.05, 0) is 25.3 Å². The molecule has 2 aliphatic rings. The highest BCUT2D eigenvalue weighted by Crippen LogP contribution is 2.46. The molecule has 0 aromatic carbocycles. The van der Waals surface area contributed by atoms with Gasteiger partial charge in [0.2, 0.25) is 11.8 Å². The molecular weight excluding hydrogens is 278 g/mol. The number of halogens is 2. The van der Waals surface area contributed by atoms with E-state index in [1.54, 1.807) is 6.20 Å². The Morgan fingerprint density at radius 3 is 2.81 bits per heavy atom. The minimum atomic E-state index is -2.58. The van der Waals surface area contributed by atoms with Crippen LogP contribution in [0.5, 0.6) is 0 Å². The van der Waals surface area contributed by atoms with Gasteiger partial charge < -0.3 is 4.52 Å². The van der Waals surface area contributed by atoms with Crippen molar-refractivity contribution in [2.75, 3.05) is 0 Å². The van der Waals surface area contributed by atoms with Gasteiger partial charge in [0.15, 0.2) is 5.82 Å². The van der Waals surface area contributed by atoms with Gasteiger partial charge in [-0.2, -0.15) is 10.1 Å². The van der Waals surface area contributed by atoms with Crippen LogP contribution in [0.1, 0.15) is 61.7 Å². The van der Waals surface area contributed by atoms with Crippen molar-refractivity contribution in [2.24, 2.45) is 0 Å². The maximum Gasteiger partial charge on any atom is 0.248 e. The molecule has 1 atom stereocenters. The van der Waals surface area contributed by atoms with E-state index in [0.29, 0.717) is 24.2 Å². The summed E-state index contributed by atoms with van der Waals surface area (Å²) < 4.78 is 33.7. The molecule has 21 heavy (non-hydrogen) atoms. The topological polar surface area (TPSA) is 56.7 Å². The predicted molar refractivity (Wildman–Crippen MR) is 69.1 cm³/mol. The van der Waals surface area contributed by atoms with Crippen LogP contribution in [0.2, 0.25) is 0 Å². The van der Waals surface area contributed by atoms with Gasteiger partial charge >= 0.3 is 0 Å². The molecule has 0 radical (unpaired) electrons. The summed E-state index contributed by atoms with van der Waals surface area (Å²) >= 11 is 0. The minimum absolute atomic E-state index is 0.0770. The van der Waals surface area contributed by atoms with Gasteiger partial charge in [-0.3, -0.25) is 4.68 Å².